The van der Waals surface area contributed by atoms with E-state index >= 15 is 0 Å². The Balaban J connectivity index is 2.42. The molecular weight excluding hydrogens is 292 g/mol. The van der Waals surface area contributed by atoms with Crippen molar-refractivity contribution in [2.45, 2.75) is 0 Å². The van der Waals surface area contributed by atoms with Gasteiger partial charge in [0.15, 0.2) is 5.43 Å². The van der Waals surface area contributed by atoms with Crippen molar-refractivity contribution in [1.82, 2.24) is 9.55 Å². The molecule has 2 heterocycles. The topological polar surface area (TPSA) is 72.2 Å². The Bertz CT molecular complexity index is 1370. The summed E-state index contributed by atoms with van der Waals surface area (Å²) in [5.74, 6) is -0.131. The fourth-order valence-electron chi connectivity index (χ4n) is 3.64. The van der Waals surface area contributed by atoms with E-state index in [1.165, 1.54) is 4.57 Å². The molecule has 3 aromatic carbocycles. The molecule has 0 fully saturated rings. The largest absolute Gasteiger partial charge is 0.494 e. The average molecular weight is 302 g/mol. The van der Waals surface area contributed by atoms with Crippen LogP contribution in [-0.2, 0) is 7.05 Å². The van der Waals surface area contributed by atoms with Gasteiger partial charge in [-0.25, -0.2) is 4.98 Å². The smallest absolute Gasteiger partial charge is 0.283 e. The van der Waals surface area contributed by atoms with Crippen LogP contribution in [0.4, 0.5) is 0 Å². The third-order valence-electron chi connectivity index (χ3n) is 4.66. The van der Waals surface area contributed by atoms with E-state index in [2.05, 4.69) is 4.98 Å². The van der Waals surface area contributed by atoms with Crippen LogP contribution in [0.15, 0.2) is 46.0 Å². The Morgan fingerprint density at radius 1 is 0.913 bits per heavy atom. The molecule has 1 N–H and O–H groups in total. The van der Waals surface area contributed by atoms with Gasteiger partial charge in [0.2, 0.25) is 5.88 Å². The molecule has 0 unspecified atom stereocenters. The van der Waals surface area contributed by atoms with Gasteiger partial charge in [-0.05, 0) is 12.1 Å². The lowest BCUT2D eigenvalue weighted by atomic mass is 9.93. The number of benzene rings is 3. The molecule has 5 aromatic rings. The van der Waals surface area contributed by atoms with Crippen molar-refractivity contribution in [3.05, 3.63) is 57.0 Å². The van der Waals surface area contributed by atoms with Crippen molar-refractivity contribution in [1.29, 1.82) is 0 Å². The van der Waals surface area contributed by atoms with Gasteiger partial charge < -0.3 is 9.67 Å². The van der Waals surface area contributed by atoms with Crippen LogP contribution in [0.1, 0.15) is 0 Å². The zero-order valence-corrected chi connectivity index (χ0v) is 12.1. The molecule has 2 aromatic heterocycles. The van der Waals surface area contributed by atoms with Gasteiger partial charge in [-0.1, -0.05) is 24.3 Å². The summed E-state index contributed by atoms with van der Waals surface area (Å²) in [6.07, 6.45) is 0. The summed E-state index contributed by atoms with van der Waals surface area (Å²) >= 11 is 0. The molecule has 0 aliphatic rings. The zero-order chi connectivity index (χ0) is 15.9. The van der Waals surface area contributed by atoms with E-state index in [1.807, 2.05) is 6.07 Å². The van der Waals surface area contributed by atoms with Gasteiger partial charge >= 0.3 is 0 Å². The van der Waals surface area contributed by atoms with Crippen molar-refractivity contribution in [3.63, 3.8) is 0 Å². The molecule has 0 radical (unpaired) electrons. The lowest BCUT2D eigenvalue weighted by Gasteiger charge is -2.16. The Kier molecular flexibility index (Phi) is 2.02. The first-order chi connectivity index (χ1) is 11.1. The number of aromatic nitrogens is 2. The molecule has 0 saturated heterocycles. The van der Waals surface area contributed by atoms with Crippen molar-refractivity contribution in [3.8, 4) is 5.88 Å². The Hall–Kier alpha value is -3.21. The van der Waals surface area contributed by atoms with Crippen LogP contribution in [-0.4, -0.2) is 14.7 Å². The summed E-state index contributed by atoms with van der Waals surface area (Å²) in [4.78, 5) is 29.4. The third kappa shape index (κ3) is 1.26. The summed E-state index contributed by atoms with van der Waals surface area (Å²) < 4.78 is 1.53. The number of rotatable bonds is 0. The first-order valence-electron chi connectivity index (χ1n) is 7.21. The summed E-state index contributed by atoms with van der Waals surface area (Å²) in [5.41, 5.74) is 0.629. The van der Waals surface area contributed by atoms with E-state index in [4.69, 9.17) is 0 Å². The van der Waals surface area contributed by atoms with Gasteiger partial charge in [-0.3, -0.25) is 9.59 Å². The number of nitrogens with zero attached hydrogens (tertiary/aromatic N) is 2. The molecule has 0 bridgehead atoms. The van der Waals surface area contributed by atoms with Crippen LogP contribution in [0.25, 0.3) is 43.4 Å². The van der Waals surface area contributed by atoms with Crippen LogP contribution in [0, 0.1) is 0 Å². The standard InChI is InChI=1S/C18H10N2O3/c1-20-11-7-3-5-9-13(11)14-12-8(16(9)21)4-2-6-10(12)19-17(22)15(14)18(20)23/h2-7,23H,1H3. The minimum atomic E-state index is -0.483. The van der Waals surface area contributed by atoms with E-state index in [1.54, 1.807) is 37.4 Å². The van der Waals surface area contributed by atoms with Gasteiger partial charge in [0.05, 0.1) is 11.0 Å². The van der Waals surface area contributed by atoms with Crippen LogP contribution < -0.4 is 11.0 Å². The highest BCUT2D eigenvalue weighted by Gasteiger charge is 2.22. The second kappa shape index (κ2) is 3.76. The maximum atomic E-state index is 12.9. The van der Waals surface area contributed by atoms with E-state index in [9.17, 15) is 14.7 Å². The second-order valence-electron chi connectivity index (χ2n) is 5.78. The van der Waals surface area contributed by atoms with Crippen LogP contribution >= 0.6 is 0 Å². The van der Waals surface area contributed by atoms with Crippen LogP contribution in [0.5, 0.6) is 5.88 Å². The van der Waals surface area contributed by atoms with Crippen LogP contribution in [0.3, 0.4) is 0 Å². The minimum Gasteiger partial charge on any atom is -0.494 e. The lowest BCUT2D eigenvalue weighted by molar-refractivity contribution is 0.438. The molecular formula is C18H10N2O3. The van der Waals surface area contributed by atoms with Crippen molar-refractivity contribution < 1.29 is 5.11 Å². The molecule has 0 aliphatic heterocycles. The first kappa shape index (κ1) is 12.3. The Labute approximate surface area is 128 Å². The van der Waals surface area contributed by atoms with Gasteiger partial charge in [0, 0.05) is 34.0 Å². The second-order valence-corrected chi connectivity index (χ2v) is 5.78. The summed E-state index contributed by atoms with van der Waals surface area (Å²) in [7, 11) is 1.67. The van der Waals surface area contributed by atoms with Gasteiger partial charge in [0.1, 0.15) is 5.39 Å². The molecule has 0 atom stereocenters. The highest BCUT2D eigenvalue weighted by molar-refractivity contribution is 6.30. The zero-order valence-electron chi connectivity index (χ0n) is 12.1. The van der Waals surface area contributed by atoms with Gasteiger partial charge in [-0.15, -0.1) is 0 Å². The molecule has 110 valence electrons. The predicted molar refractivity (Wildman–Crippen MR) is 89.8 cm³/mol. The fourth-order valence-corrected chi connectivity index (χ4v) is 3.64. The summed E-state index contributed by atoms with van der Waals surface area (Å²) in [6, 6.07) is 10.6. The molecule has 0 spiro atoms. The predicted octanol–water partition coefficient (Wildman–Crippen LogP) is 2.33. The van der Waals surface area contributed by atoms with Crippen LogP contribution in [0.2, 0.25) is 0 Å². The van der Waals surface area contributed by atoms with E-state index in [-0.39, 0.29) is 16.7 Å². The maximum absolute atomic E-state index is 12.9. The molecule has 5 heteroatoms. The monoisotopic (exact) mass is 302 g/mol. The summed E-state index contributed by atoms with van der Waals surface area (Å²) in [6.45, 7) is 0. The first-order valence-corrected chi connectivity index (χ1v) is 7.21. The Morgan fingerprint density at radius 2 is 1.61 bits per heavy atom. The summed E-state index contributed by atoms with van der Waals surface area (Å²) in [5, 5.41) is 13.7. The van der Waals surface area contributed by atoms with E-state index in [0.717, 1.165) is 0 Å². The third-order valence-corrected chi connectivity index (χ3v) is 4.66. The van der Waals surface area contributed by atoms with Crippen molar-refractivity contribution in [2.75, 3.05) is 0 Å². The van der Waals surface area contributed by atoms with Gasteiger partial charge in [-0.2, -0.15) is 0 Å². The molecule has 0 aliphatic carbocycles. The maximum Gasteiger partial charge on any atom is 0.283 e. The normalized spacial score (nSPS) is 12.2. The highest BCUT2D eigenvalue weighted by atomic mass is 16.3. The average Bonchev–Trinajstić information content (AvgIpc) is 2.56. The van der Waals surface area contributed by atoms with Crippen molar-refractivity contribution in [2.24, 2.45) is 7.05 Å². The fraction of sp³-hybridized carbons (Fsp3) is 0.0556. The van der Waals surface area contributed by atoms with Gasteiger partial charge in [0.25, 0.3) is 5.56 Å². The van der Waals surface area contributed by atoms with E-state index < -0.39 is 5.56 Å². The molecule has 5 nitrogen and oxygen atoms in total. The van der Waals surface area contributed by atoms with E-state index in [0.29, 0.717) is 38.0 Å². The van der Waals surface area contributed by atoms with Crippen molar-refractivity contribution >= 4 is 43.4 Å². The molecule has 5 rings (SSSR count). The molecule has 0 saturated carbocycles. The number of pyridine rings is 2. The number of hydrogen-bond acceptors (Lipinski definition) is 4. The number of hydrogen-bond donors (Lipinski definition) is 1. The quantitative estimate of drug-likeness (QED) is 0.352. The lowest BCUT2D eigenvalue weighted by Crippen LogP contribution is -2.14. The SMILES string of the molecule is Cn1c(O)c2c(=O)nc3cccc4c(=O)c5cccc1c5c2c34. The number of aromatic hydroxyl groups is 1. The molecule has 0 amide bonds. The minimum absolute atomic E-state index is 0.0823. The molecule has 23 heavy (non-hydrogen) atoms. The Morgan fingerprint density at radius 3 is 2.39 bits per heavy atom. The highest BCUT2D eigenvalue weighted by Crippen LogP contribution is 2.38. The number of aryl methyl sites for hydroxylation is 1.